The van der Waals surface area contributed by atoms with Crippen molar-refractivity contribution in [3.05, 3.63) is 28.3 Å². The number of benzene rings is 1. The topological polar surface area (TPSA) is 87.9 Å². The maximum absolute atomic E-state index is 14.1. The van der Waals surface area contributed by atoms with Crippen LogP contribution in [0.4, 0.5) is 10.1 Å². The number of esters is 1. The first-order chi connectivity index (χ1) is 9.89. The molecule has 1 saturated carbocycles. The summed E-state index contributed by atoms with van der Waals surface area (Å²) in [5, 5.41) is 10.8. The average molecular weight is 299 g/mol. The van der Waals surface area contributed by atoms with Crippen LogP contribution in [0.3, 0.4) is 0 Å². The summed E-state index contributed by atoms with van der Waals surface area (Å²) in [5.41, 5.74) is -2.01. The van der Waals surface area contributed by atoms with E-state index in [0.29, 0.717) is 0 Å². The summed E-state index contributed by atoms with van der Waals surface area (Å²) in [6.07, 6.45) is 0.0196. The van der Waals surface area contributed by atoms with Gasteiger partial charge < -0.3 is 14.2 Å². The van der Waals surface area contributed by atoms with Gasteiger partial charge in [0, 0.05) is 12.5 Å². The molecule has 8 heteroatoms. The van der Waals surface area contributed by atoms with Crippen LogP contribution in [0.1, 0.15) is 6.42 Å². The first-order valence-corrected chi connectivity index (χ1v) is 6.12. The fourth-order valence-electron chi connectivity index (χ4n) is 1.94. The highest BCUT2D eigenvalue weighted by molar-refractivity contribution is 5.77. The second-order valence-corrected chi connectivity index (χ2v) is 4.73. The van der Waals surface area contributed by atoms with Gasteiger partial charge in [-0.2, -0.15) is 0 Å². The van der Waals surface area contributed by atoms with Gasteiger partial charge in [-0.1, -0.05) is 0 Å². The molecule has 1 aromatic rings. The first kappa shape index (κ1) is 15.0. The number of alkyl halides is 1. The van der Waals surface area contributed by atoms with Crippen molar-refractivity contribution in [1.82, 2.24) is 0 Å². The van der Waals surface area contributed by atoms with Gasteiger partial charge in [0.15, 0.2) is 5.67 Å². The molecule has 0 aromatic heterocycles. The van der Waals surface area contributed by atoms with E-state index in [0.717, 1.165) is 0 Å². The third kappa shape index (κ3) is 3.21. The third-order valence-corrected chi connectivity index (χ3v) is 3.28. The lowest BCUT2D eigenvalue weighted by molar-refractivity contribution is -0.385. The van der Waals surface area contributed by atoms with Crippen LogP contribution in [0.25, 0.3) is 0 Å². The van der Waals surface area contributed by atoms with Crippen LogP contribution in [0.5, 0.6) is 11.5 Å². The number of non-ortho nitro benzene ring substituents is 1. The van der Waals surface area contributed by atoms with Crippen molar-refractivity contribution in [1.29, 1.82) is 0 Å². The number of methoxy groups -OCH3 is 2. The molecule has 2 unspecified atom stereocenters. The van der Waals surface area contributed by atoms with Crippen LogP contribution in [0, 0.1) is 16.0 Å². The summed E-state index contributed by atoms with van der Waals surface area (Å²) in [5.74, 6) is -1.14. The molecule has 114 valence electrons. The largest absolute Gasteiger partial charge is 0.496 e. The predicted octanol–water partition coefficient (Wildman–Crippen LogP) is 1.88. The number of rotatable bonds is 6. The normalized spacial score (nSPS) is 23.3. The quantitative estimate of drug-likeness (QED) is 0.453. The number of halogens is 1. The highest BCUT2D eigenvalue weighted by Gasteiger charge is 2.61. The highest BCUT2D eigenvalue weighted by atomic mass is 19.1. The van der Waals surface area contributed by atoms with Crippen LogP contribution >= 0.6 is 0 Å². The van der Waals surface area contributed by atoms with E-state index in [4.69, 9.17) is 9.47 Å². The zero-order valence-corrected chi connectivity index (χ0v) is 11.5. The van der Waals surface area contributed by atoms with Crippen LogP contribution in [0.15, 0.2) is 18.2 Å². The lowest BCUT2D eigenvalue weighted by atomic mass is 10.2. The van der Waals surface area contributed by atoms with Crippen LogP contribution in [-0.2, 0) is 9.53 Å². The van der Waals surface area contributed by atoms with Gasteiger partial charge in [-0.3, -0.25) is 14.9 Å². The maximum atomic E-state index is 14.1. The number of ether oxygens (including phenoxy) is 3. The Morgan fingerprint density at radius 3 is 2.67 bits per heavy atom. The molecule has 1 aliphatic carbocycles. The lowest BCUT2D eigenvalue weighted by Crippen LogP contribution is -2.21. The van der Waals surface area contributed by atoms with Crippen molar-refractivity contribution >= 4 is 11.7 Å². The predicted molar refractivity (Wildman–Crippen MR) is 69.1 cm³/mol. The van der Waals surface area contributed by atoms with Gasteiger partial charge in [0.05, 0.1) is 37.2 Å². The molecule has 21 heavy (non-hydrogen) atoms. The summed E-state index contributed by atoms with van der Waals surface area (Å²) in [6, 6.07) is 3.81. The molecular formula is C13H14FNO6. The fourth-order valence-corrected chi connectivity index (χ4v) is 1.94. The number of nitro benzene ring substituents is 1. The number of carbonyl (C=O) groups excluding carboxylic acids is 1. The van der Waals surface area contributed by atoms with Gasteiger partial charge in [-0.15, -0.1) is 0 Å². The zero-order chi connectivity index (χ0) is 15.6. The number of hydrogen-bond donors (Lipinski definition) is 0. The SMILES string of the molecule is COC(=O)C1CC1(F)COc1cc(OC)cc([N+](=O)[O-])c1. The highest BCUT2D eigenvalue weighted by Crippen LogP contribution is 2.48. The standard InChI is InChI=1S/C13H14FNO6/c1-19-9-3-8(15(17)18)4-10(5-9)21-7-13(14)6-11(13)12(16)20-2/h3-5,11H,6-7H2,1-2H3. The minimum Gasteiger partial charge on any atom is -0.496 e. The number of nitro groups is 1. The van der Waals surface area contributed by atoms with Crippen molar-refractivity contribution in [2.75, 3.05) is 20.8 Å². The minimum absolute atomic E-state index is 0.0196. The molecule has 1 aromatic carbocycles. The molecule has 1 aliphatic rings. The summed E-state index contributed by atoms with van der Waals surface area (Å²) in [4.78, 5) is 21.4. The van der Waals surface area contributed by atoms with E-state index in [1.54, 1.807) is 0 Å². The minimum atomic E-state index is -1.79. The van der Waals surface area contributed by atoms with Crippen molar-refractivity contribution in [2.24, 2.45) is 5.92 Å². The second-order valence-electron chi connectivity index (χ2n) is 4.73. The Hall–Kier alpha value is -2.38. The van der Waals surface area contributed by atoms with Gasteiger partial charge in [-0.25, -0.2) is 4.39 Å². The molecule has 0 aliphatic heterocycles. The van der Waals surface area contributed by atoms with E-state index in [2.05, 4.69) is 4.74 Å². The summed E-state index contributed by atoms with van der Waals surface area (Å²) < 4.78 is 28.7. The monoisotopic (exact) mass is 299 g/mol. The summed E-state index contributed by atoms with van der Waals surface area (Å²) in [6.45, 7) is -0.378. The Morgan fingerprint density at radius 2 is 2.10 bits per heavy atom. The summed E-state index contributed by atoms with van der Waals surface area (Å²) in [7, 11) is 2.54. The van der Waals surface area contributed by atoms with E-state index in [1.807, 2.05) is 0 Å². The van der Waals surface area contributed by atoms with Crippen molar-refractivity contribution < 1.29 is 28.3 Å². The molecule has 2 atom stereocenters. The molecule has 0 bridgehead atoms. The molecule has 2 rings (SSSR count). The molecule has 0 N–H and O–H groups in total. The number of nitrogens with zero attached hydrogens (tertiary/aromatic N) is 1. The Labute approximate surface area is 119 Å². The Morgan fingerprint density at radius 1 is 1.43 bits per heavy atom. The van der Waals surface area contributed by atoms with Gasteiger partial charge in [0.2, 0.25) is 0 Å². The van der Waals surface area contributed by atoms with E-state index in [9.17, 15) is 19.3 Å². The van der Waals surface area contributed by atoms with Gasteiger partial charge >= 0.3 is 5.97 Å². The Kier molecular flexibility index (Phi) is 3.97. The Bertz CT molecular complexity index is 578. The Balaban J connectivity index is 2.05. The molecule has 0 radical (unpaired) electrons. The number of hydrogen-bond acceptors (Lipinski definition) is 6. The molecule has 0 amide bonds. The van der Waals surface area contributed by atoms with Crippen molar-refractivity contribution in [2.45, 2.75) is 12.1 Å². The van der Waals surface area contributed by atoms with Gasteiger partial charge in [-0.05, 0) is 0 Å². The molecule has 0 heterocycles. The van der Waals surface area contributed by atoms with E-state index in [-0.39, 0.29) is 30.2 Å². The van der Waals surface area contributed by atoms with E-state index >= 15 is 0 Å². The molecule has 0 saturated heterocycles. The summed E-state index contributed by atoms with van der Waals surface area (Å²) >= 11 is 0. The molecule has 1 fully saturated rings. The fraction of sp³-hybridized carbons (Fsp3) is 0.462. The van der Waals surface area contributed by atoms with Crippen LogP contribution in [-0.4, -0.2) is 37.4 Å². The smallest absolute Gasteiger partial charge is 0.312 e. The van der Waals surface area contributed by atoms with Gasteiger partial charge in [0.25, 0.3) is 5.69 Å². The van der Waals surface area contributed by atoms with Crippen molar-refractivity contribution in [3.8, 4) is 11.5 Å². The lowest BCUT2D eigenvalue weighted by Gasteiger charge is -2.11. The van der Waals surface area contributed by atoms with Crippen LogP contribution < -0.4 is 9.47 Å². The number of carbonyl (C=O) groups is 1. The first-order valence-electron chi connectivity index (χ1n) is 6.12. The van der Waals surface area contributed by atoms with Crippen molar-refractivity contribution in [3.63, 3.8) is 0 Å². The third-order valence-electron chi connectivity index (χ3n) is 3.28. The van der Waals surface area contributed by atoms with Gasteiger partial charge in [0.1, 0.15) is 18.1 Å². The van der Waals surface area contributed by atoms with E-state index in [1.165, 1.54) is 32.4 Å². The van der Waals surface area contributed by atoms with Crippen LogP contribution in [0.2, 0.25) is 0 Å². The second kappa shape index (κ2) is 5.55. The average Bonchev–Trinajstić information content (AvgIpc) is 3.16. The zero-order valence-electron chi connectivity index (χ0n) is 11.5. The maximum Gasteiger partial charge on any atom is 0.312 e. The van der Waals surface area contributed by atoms with E-state index < -0.39 is 22.5 Å². The molecule has 0 spiro atoms. The molecular weight excluding hydrogens is 285 g/mol. The molecule has 7 nitrogen and oxygen atoms in total.